The highest BCUT2D eigenvalue weighted by Crippen LogP contribution is 2.27. The molecule has 4 atom stereocenters. The molecule has 2 heterocycles. The van der Waals surface area contributed by atoms with Crippen LogP contribution in [0.5, 0.6) is 0 Å². The zero-order valence-corrected chi connectivity index (χ0v) is 14.3. The highest BCUT2D eigenvalue weighted by molar-refractivity contribution is 5.81. The zero-order chi connectivity index (χ0) is 18.4. The number of rotatable bonds is 7. The molecule has 2 aliphatic rings. The molecule has 0 saturated carbocycles. The summed E-state index contributed by atoms with van der Waals surface area (Å²) in [7, 11) is 0. The van der Waals surface area contributed by atoms with Crippen LogP contribution in [-0.2, 0) is 30.3 Å². The molecular formula is C17H23N3O6. The number of nitrogens with two attached hydrogens (primary N) is 1. The van der Waals surface area contributed by atoms with E-state index in [1.807, 2.05) is 30.3 Å². The van der Waals surface area contributed by atoms with Gasteiger partial charge in [0.25, 0.3) is 0 Å². The molecule has 2 amide bonds. The van der Waals surface area contributed by atoms with Gasteiger partial charge in [0.05, 0.1) is 19.3 Å². The summed E-state index contributed by atoms with van der Waals surface area (Å²) in [5.74, 6) is -0.388. The van der Waals surface area contributed by atoms with Gasteiger partial charge in [0.1, 0.15) is 38.2 Å². The van der Waals surface area contributed by atoms with Gasteiger partial charge < -0.3 is 35.3 Å². The Hall–Kier alpha value is -2.20. The van der Waals surface area contributed by atoms with Crippen molar-refractivity contribution in [1.82, 2.24) is 10.6 Å². The lowest BCUT2D eigenvalue weighted by molar-refractivity contribution is -0.123. The third-order valence-electron chi connectivity index (χ3n) is 4.22. The molecule has 4 N–H and O–H groups in total. The molecule has 2 fully saturated rings. The molecule has 1 aromatic carbocycles. The number of amides is 2. The van der Waals surface area contributed by atoms with Crippen LogP contribution < -0.4 is 16.4 Å². The van der Waals surface area contributed by atoms with Gasteiger partial charge in [0, 0.05) is 0 Å². The molecule has 0 bridgehead atoms. The smallest absolute Gasteiger partial charge is 0.407 e. The highest BCUT2D eigenvalue weighted by atomic mass is 16.6. The summed E-state index contributed by atoms with van der Waals surface area (Å²) in [6.45, 7) is 0.754. The van der Waals surface area contributed by atoms with Gasteiger partial charge in [-0.3, -0.25) is 4.79 Å². The quantitative estimate of drug-likeness (QED) is 0.557. The fourth-order valence-corrected chi connectivity index (χ4v) is 2.85. The molecule has 0 unspecified atom stereocenters. The number of ether oxygens (including phenoxy) is 4. The lowest BCUT2D eigenvalue weighted by Crippen LogP contribution is -2.41. The van der Waals surface area contributed by atoms with E-state index in [0.29, 0.717) is 13.2 Å². The van der Waals surface area contributed by atoms with Crippen LogP contribution >= 0.6 is 0 Å². The molecule has 3 rings (SSSR count). The zero-order valence-electron chi connectivity index (χ0n) is 14.3. The summed E-state index contributed by atoms with van der Waals surface area (Å²) >= 11 is 0. The first-order chi connectivity index (χ1) is 12.6. The Labute approximate surface area is 151 Å². The van der Waals surface area contributed by atoms with Crippen molar-refractivity contribution in [2.45, 2.75) is 31.0 Å². The van der Waals surface area contributed by atoms with Gasteiger partial charge in [-0.1, -0.05) is 30.3 Å². The second-order valence-corrected chi connectivity index (χ2v) is 6.12. The fraction of sp³-hybridized carbons (Fsp3) is 0.529. The van der Waals surface area contributed by atoms with Crippen molar-refractivity contribution in [3.63, 3.8) is 0 Å². The molecule has 0 aliphatic carbocycles. The van der Waals surface area contributed by atoms with E-state index in [2.05, 4.69) is 10.6 Å². The average Bonchev–Trinajstić information content (AvgIpc) is 3.22. The van der Waals surface area contributed by atoms with Gasteiger partial charge in [-0.2, -0.15) is 0 Å². The van der Waals surface area contributed by atoms with Crippen molar-refractivity contribution in [3.8, 4) is 0 Å². The number of hydrogen-bond acceptors (Lipinski definition) is 7. The third kappa shape index (κ3) is 4.92. The Bertz CT molecular complexity index is 614. The molecule has 2 aliphatic heterocycles. The number of hydrogen-bond donors (Lipinski definition) is 3. The second kappa shape index (κ2) is 8.95. The first kappa shape index (κ1) is 18.6. The van der Waals surface area contributed by atoms with E-state index in [1.165, 1.54) is 0 Å². The van der Waals surface area contributed by atoms with E-state index >= 15 is 0 Å². The monoisotopic (exact) mass is 365 g/mol. The maximum atomic E-state index is 11.7. The summed E-state index contributed by atoms with van der Waals surface area (Å²) < 4.78 is 21.7. The van der Waals surface area contributed by atoms with E-state index in [-0.39, 0.29) is 50.1 Å². The third-order valence-corrected chi connectivity index (χ3v) is 4.22. The topological polar surface area (TPSA) is 121 Å². The Balaban J connectivity index is 1.27. The molecule has 9 nitrogen and oxygen atoms in total. The molecule has 26 heavy (non-hydrogen) atoms. The summed E-state index contributed by atoms with van der Waals surface area (Å²) in [6.07, 6.45) is -1.28. The standard InChI is InChI=1S/C17H23N3O6/c18-12-8-23-16-13(9-24-15(12)16)26-10-20-14(21)6-19-17(22)25-7-11-4-2-1-3-5-11/h1-5,12-13,15-16H,6-10,18H2,(H,19,22)(H,20,21)/t12-,13+,15+,16+/m0/s1. The van der Waals surface area contributed by atoms with Crippen molar-refractivity contribution in [3.05, 3.63) is 35.9 Å². The number of benzene rings is 1. The van der Waals surface area contributed by atoms with Gasteiger partial charge in [0.2, 0.25) is 5.91 Å². The van der Waals surface area contributed by atoms with Crippen molar-refractivity contribution in [2.75, 3.05) is 26.5 Å². The normalized spacial score (nSPS) is 27.0. The van der Waals surface area contributed by atoms with Crippen LogP contribution in [0.4, 0.5) is 4.79 Å². The lowest BCUT2D eigenvalue weighted by Gasteiger charge is -2.17. The van der Waals surface area contributed by atoms with Crippen LogP contribution in [0, 0.1) is 0 Å². The fourth-order valence-electron chi connectivity index (χ4n) is 2.85. The predicted molar refractivity (Wildman–Crippen MR) is 90.0 cm³/mol. The molecule has 0 spiro atoms. The van der Waals surface area contributed by atoms with E-state index in [0.717, 1.165) is 5.56 Å². The maximum absolute atomic E-state index is 11.7. The summed E-state index contributed by atoms with van der Waals surface area (Å²) in [4.78, 5) is 23.3. The molecule has 142 valence electrons. The van der Waals surface area contributed by atoms with Crippen molar-refractivity contribution in [1.29, 1.82) is 0 Å². The van der Waals surface area contributed by atoms with Crippen LogP contribution in [0.25, 0.3) is 0 Å². The van der Waals surface area contributed by atoms with Gasteiger partial charge in [-0.25, -0.2) is 4.79 Å². The molecule has 9 heteroatoms. The summed E-state index contributed by atoms with van der Waals surface area (Å²) in [6, 6.07) is 9.12. The van der Waals surface area contributed by atoms with E-state index in [1.54, 1.807) is 0 Å². The van der Waals surface area contributed by atoms with Crippen LogP contribution in [-0.4, -0.2) is 62.8 Å². The Morgan fingerprint density at radius 1 is 1.12 bits per heavy atom. The predicted octanol–water partition coefficient (Wildman–Crippen LogP) is -0.503. The number of carbonyl (C=O) groups excluding carboxylic acids is 2. The summed E-state index contributed by atoms with van der Waals surface area (Å²) in [5.41, 5.74) is 6.73. The van der Waals surface area contributed by atoms with Crippen LogP contribution in [0.2, 0.25) is 0 Å². The van der Waals surface area contributed by atoms with E-state index in [4.69, 9.17) is 24.7 Å². The SMILES string of the molecule is N[C@H]1CO[C@H]2[C@@H]1OC[C@H]2OCNC(=O)CNC(=O)OCc1ccccc1. The average molecular weight is 365 g/mol. The van der Waals surface area contributed by atoms with Crippen molar-refractivity contribution < 1.29 is 28.5 Å². The Kier molecular flexibility index (Phi) is 6.40. The first-order valence-corrected chi connectivity index (χ1v) is 8.45. The van der Waals surface area contributed by atoms with Gasteiger partial charge in [-0.15, -0.1) is 0 Å². The van der Waals surface area contributed by atoms with Crippen molar-refractivity contribution in [2.24, 2.45) is 5.73 Å². The number of nitrogens with one attached hydrogen (secondary N) is 2. The van der Waals surface area contributed by atoms with Gasteiger partial charge in [-0.05, 0) is 5.56 Å². The minimum Gasteiger partial charge on any atom is -0.445 e. The Morgan fingerprint density at radius 2 is 1.88 bits per heavy atom. The lowest BCUT2D eigenvalue weighted by atomic mass is 10.1. The van der Waals surface area contributed by atoms with Crippen LogP contribution in [0.1, 0.15) is 5.56 Å². The molecular weight excluding hydrogens is 342 g/mol. The molecule has 0 radical (unpaired) electrons. The number of carbonyl (C=O) groups is 2. The molecule has 1 aromatic rings. The minimum atomic E-state index is -0.662. The minimum absolute atomic E-state index is 0.00454. The van der Waals surface area contributed by atoms with Gasteiger partial charge >= 0.3 is 6.09 Å². The number of alkyl carbamates (subject to hydrolysis) is 1. The van der Waals surface area contributed by atoms with Crippen LogP contribution in [0.15, 0.2) is 30.3 Å². The van der Waals surface area contributed by atoms with Crippen LogP contribution in [0.3, 0.4) is 0 Å². The van der Waals surface area contributed by atoms with E-state index < -0.39 is 6.09 Å². The Morgan fingerprint density at radius 3 is 2.69 bits per heavy atom. The molecule has 2 saturated heterocycles. The summed E-state index contributed by atoms with van der Waals surface area (Å²) in [5, 5.41) is 4.94. The second-order valence-electron chi connectivity index (χ2n) is 6.12. The molecule has 0 aromatic heterocycles. The highest BCUT2D eigenvalue weighted by Gasteiger charge is 2.46. The largest absolute Gasteiger partial charge is 0.445 e. The first-order valence-electron chi connectivity index (χ1n) is 8.45. The maximum Gasteiger partial charge on any atom is 0.407 e. The van der Waals surface area contributed by atoms with E-state index in [9.17, 15) is 9.59 Å². The number of fused-ring (bicyclic) bond motifs is 1. The van der Waals surface area contributed by atoms with Gasteiger partial charge in [0.15, 0.2) is 0 Å². The van der Waals surface area contributed by atoms with Crippen molar-refractivity contribution >= 4 is 12.0 Å².